The molecular formula is C22H17N3O5. The summed E-state index contributed by atoms with van der Waals surface area (Å²) in [6, 6.07) is 15.0. The molecule has 3 aromatic rings. The van der Waals surface area contributed by atoms with Gasteiger partial charge >= 0.3 is 5.97 Å². The zero-order chi connectivity index (χ0) is 21.3. The number of non-ortho nitro benzene ring substituents is 1. The van der Waals surface area contributed by atoms with Crippen LogP contribution in [0.4, 0.5) is 5.69 Å². The third kappa shape index (κ3) is 3.39. The van der Waals surface area contributed by atoms with E-state index in [1.807, 2.05) is 0 Å². The van der Waals surface area contributed by atoms with Crippen molar-refractivity contribution in [2.75, 3.05) is 0 Å². The second kappa shape index (κ2) is 7.75. The van der Waals surface area contributed by atoms with Crippen molar-refractivity contribution in [1.29, 1.82) is 0 Å². The Morgan fingerprint density at radius 2 is 1.93 bits per heavy atom. The lowest BCUT2D eigenvalue weighted by molar-refractivity contribution is -0.385. The lowest BCUT2D eigenvalue weighted by Crippen LogP contribution is -2.44. The number of aliphatic carboxylic acids is 1. The lowest BCUT2D eigenvalue weighted by Gasteiger charge is -2.40. The summed E-state index contributed by atoms with van der Waals surface area (Å²) in [5, 5.41) is 21.4. The topological polar surface area (TPSA) is 114 Å². The molecule has 0 radical (unpaired) electrons. The van der Waals surface area contributed by atoms with Gasteiger partial charge in [0.05, 0.1) is 11.0 Å². The number of pyridine rings is 1. The fourth-order valence-electron chi connectivity index (χ4n) is 3.92. The third-order valence-electron chi connectivity index (χ3n) is 5.20. The molecule has 1 N–H and O–H groups in total. The van der Waals surface area contributed by atoms with E-state index in [1.54, 1.807) is 54.9 Å². The molecule has 2 unspecified atom stereocenters. The van der Waals surface area contributed by atoms with Gasteiger partial charge in [0.2, 0.25) is 0 Å². The number of nitrogens with zero attached hydrogens (tertiary/aromatic N) is 3. The van der Waals surface area contributed by atoms with Crippen LogP contribution in [0.25, 0.3) is 0 Å². The summed E-state index contributed by atoms with van der Waals surface area (Å²) >= 11 is 0. The number of nitro benzene ring substituents is 1. The van der Waals surface area contributed by atoms with Gasteiger partial charge in [-0.15, -0.1) is 0 Å². The van der Waals surface area contributed by atoms with Gasteiger partial charge in [0.15, 0.2) is 0 Å². The molecule has 0 spiro atoms. The van der Waals surface area contributed by atoms with Crippen LogP contribution in [0.15, 0.2) is 73.1 Å². The lowest BCUT2D eigenvalue weighted by atomic mass is 9.79. The predicted molar refractivity (Wildman–Crippen MR) is 107 cm³/mol. The first-order chi connectivity index (χ1) is 14.5. The zero-order valence-corrected chi connectivity index (χ0v) is 15.7. The van der Waals surface area contributed by atoms with Crippen LogP contribution in [0.2, 0.25) is 0 Å². The van der Waals surface area contributed by atoms with Crippen LogP contribution < -0.4 is 0 Å². The summed E-state index contributed by atoms with van der Waals surface area (Å²) in [5.41, 5.74) is 1.67. The highest BCUT2D eigenvalue weighted by molar-refractivity contribution is 6.00. The maximum absolute atomic E-state index is 13.4. The maximum atomic E-state index is 13.4. The van der Waals surface area contributed by atoms with E-state index in [-0.39, 0.29) is 18.1 Å². The van der Waals surface area contributed by atoms with E-state index in [9.17, 15) is 24.8 Å². The fraction of sp³-hybridized carbons (Fsp3) is 0.136. The molecule has 8 nitrogen and oxygen atoms in total. The van der Waals surface area contributed by atoms with E-state index in [2.05, 4.69) is 4.98 Å². The van der Waals surface area contributed by atoms with Crippen LogP contribution in [0.1, 0.15) is 39.0 Å². The van der Waals surface area contributed by atoms with Gasteiger partial charge in [0, 0.05) is 36.6 Å². The van der Waals surface area contributed by atoms with Crippen LogP contribution >= 0.6 is 0 Å². The van der Waals surface area contributed by atoms with Crippen molar-refractivity contribution in [1.82, 2.24) is 9.88 Å². The normalized spacial score (nSPS) is 18.0. The molecule has 1 aliphatic rings. The summed E-state index contributed by atoms with van der Waals surface area (Å²) < 4.78 is 0. The molecule has 0 bridgehead atoms. The maximum Gasteiger partial charge on any atom is 0.313 e. The Morgan fingerprint density at radius 1 is 1.13 bits per heavy atom. The third-order valence-corrected chi connectivity index (χ3v) is 5.20. The highest BCUT2D eigenvalue weighted by atomic mass is 16.6. The van der Waals surface area contributed by atoms with Crippen LogP contribution in [-0.2, 0) is 11.3 Å². The highest BCUT2D eigenvalue weighted by Crippen LogP contribution is 2.44. The Hall–Kier alpha value is -4.07. The summed E-state index contributed by atoms with van der Waals surface area (Å²) in [5.74, 6) is -2.51. The Balaban J connectivity index is 1.91. The fourth-order valence-corrected chi connectivity index (χ4v) is 3.92. The average molecular weight is 403 g/mol. The molecular weight excluding hydrogens is 386 g/mol. The minimum Gasteiger partial charge on any atom is -0.481 e. The SMILES string of the molecule is O=C(O)C1c2ccccc2C(=O)N(Cc2cccnc2)C1c1cccc([N+](=O)[O-])c1. The summed E-state index contributed by atoms with van der Waals surface area (Å²) in [6.45, 7) is 0.123. The van der Waals surface area contributed by atoms with Crippen molar-refractivity contribution in [2.45, 2.75) is 18.5 Å². The number of fused-ring (bicyclic) bond motifs is 1. The molecule has 8 heteroatoms. The summed E-state index contributed by atoms with van der Waals surface area (Å²) in [7, 11) is 0. The van der Waals surface area contributed by atoms with Gasteiger partial charge in [-0.2, -0.15) is 0 Å². The molecule has 1 aromatic heterocycles. The number of carboxylic acids is 1. The number of benzene rings is 2. The van der Waals surface area contributed by atoms with Gasteiger partial charge in [0.1, 0.15) is 5.92 Å². The minimum absolute atomic E-state index is 0.123. The Kier molecular flexibility index (Phi) is 4.97. The molecule has 4 rings (SSSR count). The smallest absolute Gasteiger partial charge is 0.313 e. The highest BCUT2D eigenvalue weighted by Gasteiger charge is 2.44. The second-order valence-corrected chi connectivity index (χ2v) is 6.99. The van der Waals surface area contributed by atoms with Crippen LogP contribution in [0.3, 0.4) is 0 Å². The van der Waals surface area contributed by atoms with Crippen LogP contribution in [0, 0.1) is 10.1 Å². The van der Waals surface area contributed by atoms with Crippen molar-refractivity contribution in [3.63, 3.8) is 0 Å². The van der Waals surface area contributed by atoms with Crippen molar-refractivity contribution in [2.24, 2.45) is 0 Å². The van der Waals surface area contributed by atoms with Crippen molar-refractivity contribution >= 4 is 17.6 Å². The van der Waals surface area contributed by atoms with E-state index in [4.69, 9.17) is 0 Å². The van der Waals surface area contributed by atoms with Gasteiger partial charge in [-0.3, -0.25) is 24.7 Å². The molecule has 0 saturated heterocycles. The Labute approximate surface area is 171 Å². The van der Waals surface area contributed by atoms with Gasteiger partial charge in [-0.05, 0) is 28.8 Å². The summed E-state index contributed by atoms with van der Waals surface area (Å²) in [4.78, 5) is 42.0. The number of aromatic nitrogens is 1. The largest absolute Gasteiger partial charge is 0.481 e. The van der Waals surface area contributed by atoms with Gasteiger partial charge in [-0.25, -0.2) is 0 Å². The quantitative estimate of drug-likeness (QED) is 0.515. The van der Waals surface area contributed by atoms with E-state index in [0.29, 0.717) is 16.7 Å². The van der Waals surface area contributed by atoms with E-state index < -0.39 is 22.9 Å². The molecule has 1 amide bonds. The first kappa shape index (κ1) is 19.3. The van der Waals surface area contributed by atoms with Crippen molar-refractivity contribution in [3.05, 3.63) is 105 Å². The average Bonchev–Trinajstić information content (AvgIpc) is 2.76. The number of carbonyl (C=O) groups is 2. The van der Waals surface area contributed by atoms with Gasteiger partial charge in [-0.1, -0.05) is 36.4 Å². The number of hydrogen-bond donors (Lipinski definition) is 1. The monoisotopic (exact) mass is 403 g/mol. The van der Waals surface area contributed by atoms with Gasteiger partial charge < -0.3 is 10.0 Å². The standard InChI is InChI=1S/C22H17N3O5/c26-21-18-9-2-1-8-17(18)19(22(27)28)20(15-6-3-7-16(11-15)25(29)30)24(21)13-14-5-4-10-23-12-14/h1-12,19-20H,13H2,(H,27,28). The number of rotatable bonds is 5. The number of carboxylic acid groups (broad SMARTS) is 1. The zero-order valence-electron chi connectivity index (χ0n) is 15.7. The predicted octanol–water partition coefficient (Wildman–Crippen LogP) is 3.56. The molecule has 2 aromatic carbocycles. The van der Waals surface area contributed by atoms with E-state index in [1.165, 1.54) is 23.1 Å². The Bertz CT molecular complexity index is 1130. The molecule has 0 aliphatic carbocycles. The van der Waals surface area contributed by atoms with Crippen LogP contribution in [-0.4, -0.2) is 31.8 Å². The molecule has 150 valence electrons. The van der Waals surface area contributed by atoms with Gasteiger partial charge in [0.25, 0.3) is 11.6 Å². The Morgan fingerprint density at radius 3 is 2.63 bits per heavy atom. The van der Waals surface area contributed by atoms with Crippen molar-refractivity contribution in [3.8, 4) is 0 Å². The molecule has 0 fully saturated rings. The van der Waals surface area contributed by atoms with Crippen molar-refractivity contribution < 1.29 is 19.6 Å². The molecule has 0 saturated carbocycles. The first-order valence-corrected chi connectivity index (χ1v) is 9.23. The number of hydrogen-bond acceptors (Lipinski definition) is 5. The van der Waals surface area contributed by atoms with Crippen LogP contribution in [0.5, 0.6) is 0 Å². The van der Waals surface area contributed by atoms with E-state index >= 15 is 0 Å². The summed E-state index contributed by atoms with van der Waals surface area (Å²) in [6.07, 6.45) is 3.21. The second-order valence-electron chi connectivity index (χ2n) is 6.99. The number of amides is 1. The number of nitro groups is 1. The number of carbonyl (C=O) groups excluding carboxylic acids is 1. The minimum atomic E-state index is -1.11. The molecule has 30 heavy (non-hydrogen) atoms. The molecule has 2 heterocycles. The molecule has 1 aliphatic heterocycles. The van der Waals surface area contributed by atoms with E-state index in [0.717, 1.165) is 5.56 Å². The first-order valence-electron chi connectivity index (χ1n) is 9.23. The molecule has 2 atom stereocenters.